The summed E-state index contributed by atoms with van der Waals surface area (Å²) in [5.41, 5.74) is 3.08. The molecule has 1 atom stereocenters. The Labute approximate surface area is 133 Å². The van der Waals surface area contributed by atoms with Gasteiger partial charge in [-0.2, -0.15) is 0 Å². The van der Waals surface area contributed by atoms with Gasteiger partial charge in [0.15, 0.2) is 4.34 Å². The highest BCUT2D eigenvalue weighted by Gasteiger charge is 2.13. The number of thioether (sulfide) groups is 1. The molecule has 0 bridgehead atoms. The van der Waals surface area contributed by atoms with Crippen LogP contribution in [0.1, 0.15) is 26.3 Å². The molecule has 6 heteroatoms. The van der Waals surface area contributed by atoms with Crippen molar-refractivity contribution in [2.24, 2.45) is 0 Å². The van der Waals surface area contributed by atoms with E-state index in [4.69, 9.17) is 4.74 Å². The third-order valence-electron chi connectivity index (χ3n) is 2.90. The molecule has 0 aliphatic carbocycles. The minimum atomic E-state index is -0.527. The van der Waals surface area contributed by atoms with E-state index in [2.05, 4.69) is 43.1 Å². The molecule has 21 heavy (non-hydrogen) atoms. The van der Waals surface area contributed by atoms with Crippen LogP contribution in [-0.4, -0.2) is 33.8 Å². The number of hydrogen-bond acceptors (Lipinski definition) is 6. The summed E-state index contributed by atoms with van der Waals surface area (Å²) in [4.78, 5) is 0. The van der Waals surface area contributed by atoms with E-state index >= 15 is 0 Å². The fourth-order valence-corrected chi connectivity index (χ4v) is 3.11. The van der Waals surface area contributed by atoms with Gasteiger partial charge in [-0.1, -0.05) is 56.0 Å². The van der Waals surface area contributed by atoms with Gasteiger partial charge in [-0.25, -0.2) is 0 Å². The van der Waals surface area contributed by atoms with Crippen molar-refractivity contribution < 1.29 is 9.84 Å². The maximum Gasteiger partial charge on any atom is 0.174 e. The maximum atomic E-state index is 9.90. The number of nitrogens with zero attached hydrogens (tertiary/aromatic N) is 2. The summed E-state index contributed by atoms with van der Waals surface area (Å²) in [5, 5.41) is 17.6. The Kier molecular flexibility index (Phi) is 5.61. The zero-order valence-corrected chi connectivity index (χ0v) is 14.1. The Hall–Kier alpha value is -1.11. The number of aromatic nitrogens is 2. The SMILES string of the molecule is CC(C)(C)c1ccc(OCC(O)CSc2nncs2)cc1. The smallest absolute Gasteiger partial charge is 0.174 e. The molecule has 2 aromatic rings. The van der Waals surface area contributed by atoms with Gasteiger partial charge in [-0.15, -0.1) is 10.2 Å². The lowest BCUT2D eigenvalue weighted by atomic mass is 9.87. The van der Waals surface area contributed by atoms with Gasteiger partial charge in [0.25, 0.3) is 0 Å². The molecule has 0 saturated heterocycles. The molecule has 0 radical (unpaired) electrons. The molecular formula is C15H20N2O2S2. The van der Waals surface area contributed by atoms with Crippen LogP contribution in [0.4, 0.5) is 0 Å². The first-order chi connectivity index (χ1) is 9.95. The molecule has 0 aliphatic rings. The number of aliphatic hydroxyl groups is 1. The summed E-state index contributed by atoms with van der Waals surface area (Å²) < 4.78 is 6.47. The maximum absolute atomic E-state index is 9.90. The number of rotatable bonds is 6. The average Bonchev–Trinajstić information content (AvgIpc) is 2.95. The molecule has 1 unspecified atom stereocenters. The van der Waals surface area contributed by atoms with Gasteiger partial charge in [0.2, 0.25) is 0 Å². The molecule has 0 aliphatic heterocycles. The Morgan fingerprint density at radius 2 is 2.00 bits per heavy atom. The summed E-state index contributed by atoms with van der Waals surface area (Å²) in [6.45, 7) is 6.81. The van der Waals surface area contributed by atoms with Gasteiger partial charge < -0.3 is 9.84 Å². The molecule has 0 spiro atoms. The molecule has 0 saturated carbocycles. The van der Waals surface area contributed by atoms with Crippen LogP contribution in [0.3, 0.4) is 0 Å². The quantitative estimate of drug-likeness (QED) is 0.826. The number of benzene rings is 1. The van der Waals surface area contributed by atoms with Crippen molar-refractivity contribution in [1.29, 1.82) is 0 Å². The standard InChI is InChI=1S/C15H20N2O2S2/c1-15(2,3)11-4-6-13(7-5-11)19-8-12(18)9-20-14-17-16-10-21-14/h4-7,10,12,18H,8-9H2,1-3H3. The number of aliphatic hydroxyl groups excluding tert-OH is 1. The second-order valence-electron chi connectivity index (χ2n) is 5.75. The van der Waals surface area contributed by atoms with Crippen LogP contribution in [0.5, 0.6) is 5.75 Å². The second-order valence-corrected chi connectivity index (χ2v) is 7.86. The molecule has 1 aromatic carbocycles. The summed E-state index contributed by atoms with van der Waals surface area (Å²) >= 11 is 2.96. The topological polar surface area (TPSA) is 55.2 Å². The van der Waals surface area contributed by atoms with Crippen LogP contribution in [0, 0.1) is 0 Å². The zero-order chi connectivity index (χ0) is 15.3. The fraction of sp³-hybridized carbons (Fsp3) is 0.467. The predicted molar refractivity (Wildman–Crippen MR) is 87.3 cm³/mol. The Morgan fingerprint density at radius 3 is 2.57 bits per heavy atom. The lowest BCUT2D eigenvalue weighted by Crippen LogP contribution is -2.20. The van der Waals surface area contributed by atoms with Gasteiger partial charge in [0, 0.05) is 5.75 Å². The van der Waals surface area contributed by atoms with Crippen LogP contribution < -0.4 is 4.74 Å². The van der Waals surface area contributed by atoms with E-state index < -0.39 is 6.10 Å². The number of ether oxygens (including phenoxy) is 1. The third-order valence-corrected chi connectivity index (χ3v) is 4.91. The minimum absolute atomic E-state index is 0.135. The van der Waals surface area contributed by atoms with Crippen LogP contribution in [0.15, 0.2) is 34.1 Å². The fourth-order valence-electron chi connectivity index (χ4n) is 1.68. The highest BCUT2D eigenvalue weighted by atomic mass is 32.2. The summed E-state index contributed by atoms with van der Waals surface area (Å²) in [7, 11) is 0. The Bertz CT molecular complexity index is 536. The molecule has 1 N–H and O–H groups in total. The van der Waals surface area contributed by atoms with Crippen molar-refractivity contribution in [3.63, 3.8) is 0 Å². The first-order valence-electron chi connectivity index (χ1n) is 6.75. The van der Waals surface area contributed by atoms with Gasteiger partial charge in [0.05, 0.1) is 6.10 Å². The normalized spacial score (nSPS) is 13.1. The molecular weight excluding hydrogens is 304 g/mol. The van der Waals surface area contributed by atoms with Crippen LogP contribution in [-0.2, 0) is 5.41 Å². The zero-order valence-electron chi connectivity index (χ0n) is 12.4. The first kappa shape index (κ1) is 16.3. The molecule has 0 amide bonds. The monoisotopic (exact) mass is 324 g/mol. The van der Waals surface area contributed by atoms with E-state index in [0.29, 0.717) is 5.75 Å². The van der Waals surface area contributed by atoms with E-state index in [1.165, 1.54) is 28.7 Å². The highest BCUT2D eigenvalue weighted by Crippen LogP contribution is 2.24. The van der Waals surface area contributed by atoms with Crippen molar-refractivity contribution in [2.75, 3.05) is 12.4 Å². The van der Waals surface area contributed by atoms with Crippen molar-refractivity contribution in [2.45, 2.75) is 36.6 Å². The Balaban J connectivity index is 1.77. The molecule has 114 valence electrons. The second kappa shape index (κ2) is 7.24. The van der Waals surface area contributed by atoms with E-state index in [-0.39, 0.29) is 12.0 Å². The van der Waals surface area contributed by atoms with Crippen LogP contribution >= 0.6 is 23.1 Å². The first-order valence-corrected chi connectivity index (χ1v) is 8.62. The predicted octanol–water partition coefficient (Wildman–Crippen LogP) is 3.37. The summed E-state index contributed by atoms with van der Waals surface area (Å²) in [6, 6.07) is 8.03. The number of hydrogen-bond donors (Lipinski definition) is 1. The van der Waals surface area contributed by atoms with E-state index in [9.17, 15) is 5.11 Å². The molecule has 0 fully saturated rings. The van der Waals surface area contributed by atoms with Gasteiger partial charge in [-0.05, 0) is 23.1 Å². The minimum Gasteiger partial charge on any atom is -0.491 e. The van der Waals surface area contributed by atoms with Crippen LogP contribution in [0.25, 0.3) is 0 Å². The summed E-state index contributed by atoms with van der Waals surface area (Å²) in [5.74, 6) is 1.33. The van der Waals surface area contributed by atoms with E-state index in [1.807, 2.05) is 12.1 Å². The Morgan fingerprint density at radius 1 is 1.29 bits per heavy atom. The molecule has 4 nitrogen and oxygen atoms in total. The van der Waals surface area contributed by atoms with Crippen molar-refractivity contribution in [3.8, 4) is 5.75 Å². The lowest BCUT2D eigenvalue weighted by molar-refractivity contribution is 0.126. The lowest BCUT2D eigenvalue weighted by Gasteiger charge is -2.19. The largest absolute Gasteiger partial charge is 0.491 e. The molecule has 2 rings (SSSR count). The van der Waals surface area contributed by atoms with Crippen molar-refractivity contribution in [1.82, 2.24) is 10.2 Å². The highest BCUT2D eigenvalue weighted by molar-refractivity contribution is 8.01. The van der Waals surface area contributed by atoms with Crippen molar-refractivity contribution in [3.05, 3.63) is 35.3 Å². The summed E-state index contributed by atoms with van der Waals surface area (Å²) in [6.07, 6.45) is -0.527. The van der Waals surface area contributed by atoms with Crippen molar-refractivity contribution >= 4 is 23.1 Å². The van der Waals surface area contributed by atoms with E-state index in [0.717, 1.165) is 10.1 Å². The van der Waals surface area contributed by atoms with Gasteiger partial charge >= 0.3 is 0 Å². The van der Waals surface area contributed by atoms with Gasteiger partial charge in [0.1, 0.15) is 17.9 Å². The van der Waals surface area contributed by atoms with Crippen LogP contribution in [0.2, 0.25) is 0 Å². The van der Waals surface area contributed by atoms with E-state index in [1.54, 1.807) is 5.51 Å². The molecule has 1 aromatic heterocycles. The van der Waals surface area contributed by atoms with Gasteiger partial charge in [-0.3, -0.25) is 0 Å². The third kappa shape index (κ3) is 5.30. The average molecular weight is 324 g/mol. The molecule has 1 heterocycles.